The van der Waals surface area contributed by atoms with Crippen molar-refractivity contribution >= 4 is 0 Å². The van der Waals surface area contributed by atoms with Crippen LogP contribution in [0.15, 0.2) is 11.9 Å². The summed E-state index contributed by atoms with van der Waals surface area (Å²) in [4.78, 5) is 0. The predicted octanol–water partition coefficient (Wildman–Crippen LogP) is -1.60. The quantitative estimate of drug-likeness (QED) is 0.296. The zero-order chi connectivity index (χ0) is 5.11. The van der Waals surface area contributed by atoms with Gasteiger partial charge in [-0.15, -0.1) is 0 Å². The molecule has 1 aliphatic rings. The Labute approximate surface area is 41.7 Å². The van der Waals surface area contributed by atoms with Gasteiger partial charge >= 0.3 is 0 Å². The summed E-state index contributed by atoms with van der Waals surface area (Å²) >= 11 is 0. The van der Waals surface area contributed by atoms with Crippen molar-refractivity contribution in [3.63, 3.8) is 0 Å². The lowest BCUT2D eigenvalue weighted by Gasteiger charge is -2.12. The van der Waals surface area contributed by atoms with Crippen molar-refractivity contribution in [2.45, 2.75) is 0 Å². The summed E-state index contributed by atoms with van der Waals surface area (Å²) in [6.07, 6.45) is 1.84. The maximum atomic E-state index is 5.28. The molecule has 0 spiro atoms. The molecule has 5 N–H and O–H groups in total. The Morgan fingerprint density at radius 2 is 2.57 bits per heavy atom. The third-order valence-corrected chi connectivity index (χ3v) is 0.719. The molecule has 0 unspecified atom stereocenters. The second kappa shape index (κ2) is 1.81. The minimum absolute atomic E-state index is 0.666. The number of hydrazine groups is 2. The average Bonchev–Trinajstić information content (AvgIpc) is 1.69. The highest BCUT2D eigenvalue weighted by atomic mass is 15.6. The number of nitrogens with two attached hydrogens (primary N) is 1. The molecule has 0 saturated heterocycles. The van der Waals surface area contributed by atoms with Gasteiger partial charge in [0.2, 0.25) is 0 Å². The molecule has 0 fully saturated rings. The van der Waals surface area contributed by atoms with Gasteiger partial charge in [0.25, 0.3) is 0 Å². The predicted molar refractivity (Wildman–Crippen MR) is 26.5 cm³/mol. The Balaban J connectivity index is 2.40. The maximum absolute atomic E-state index is 5.28. The fourth-order valence-electron chi connectivity index (χ4n) is 0.379. The van der Waals surface area contributed by atoms with Crippen molar-refractivity contribution in [2.24, 2.45) is 5.73 Å². The fourth-order valence-corrected chi connectivity index (χ4v) is 0.379. The Hall–Kier alpha value is -0.740. The van der Waals surface area contributed by atoms with E-state index in [0.29, 0.717) is 5.82 Å². The van der Waals surface area contributed by atoms with Crippen LogP contribution in [-0.4, -0.2) is 6.54 Å². The maximum Gasteiger partial charge on any atom is 0.109 e. The monoisotopic (exact) mass is 100 g/mol. The third-order valence-electron chi connectivity index (χ3n) is 0.719. The van der Waals surface area contributed by atoms with Gasteiger partial charge in [-0.1, -0.05) is 0 Å². The largest absolute Gasteiger partial charge is 0.385 e. The van der Waals surface area contributed by atoms with Gasteiger partial charge in [-0.25, -0.2) is 5.43 Å². The lowest BCUT2D eigenvalue weighted by Crippen LogP contribution is -2.48. The highest BCUT2D eigenvalue weighted by Gasteiger charge is 1.90. The van der Waals surface area contributed by atoms with Crippen molar-refractivity contribution in [2.75, 3.05) is 6.54 Å². The van der Waals surface area contributed by atoms with Crippen molar-refractivity contribution in [1.29, 1.82) is 0 Å². The van der Waals surface area contributed by atoms with E-state index in [1.165, 1.54) is 0 Å². The van der Waals surface area contributed by atoms with E-state index in [9.17, 15) is 0 Å². The van der Waals surface area contributed by atoms with Crippen LogP contribution >= 0.6 is 0 Å². The first-order valence-corrected chi connectivity index (χ1v) is 2.09. The zero-order valence-electron chi connectivity index (χ0n) is 3.86. The fraction of sp³-hybridized carbons (Fsp3) is 0.333. The van der Waals surface area contributed by atoms with Crippen LogP contribution in [0.3, 0.4) is 0 Å². The zero-order valence-corrected chi connectivity index (χ0v) is 3.86. The van der Waals surface area contributed by atoms with Gasteiger partial charge in [-0.05, 0) is 6.08 Å². The lowest BCUT2D eigenvalue weighted by atomic mass is 10.5. The molecular formula is C3H8N4. The second-order valence-electron chi connectivity index (χ2n) is 1.29. The molecule has 1 aliphatic heterocycles. The first-order chi connectivity index (χ1) is 3.39. The molecule has 0 amide bonds. The molecule has 0 aromatic carbocycles. The van der Waals surface area contributed by atoms with Crippen LogP contribution in [0.1, 0.15) is 0 Å². The molecule has 7 heavy (non-hydrogen) atoms. The van der Waals surface area contributed by atoms with Crippen molar-refractivity contribution < 1.29 is 0 Å². The molecule has 4 heteroatoms. The van der Waals surface area contributed by atoms with E-state index in [1.807, 2.05) is 6.08 Å². The highest BCUT2D eigenvalue weighted by molar-refractivity contribution is 4.95. The molecule has 0 atom stereocenters. The Morgan fingerprint density at radius 3 is 2.86 bits per heavy atom. The van der Waals surface area contributed by atoms with Crippen LogP contribution in [0.2, 0.25) is 0 Å². The van der Waals surface area contributed by atoms with E-state index in [1.54, 1.807) is 0 Å². The molecule has 0 saturated carbocycles. The average molecular weight is 100 g/mol. The molecular weight excluding hydrogens is 92.1 g/mol. The lowest BCUT2D eigenvalue weighted by molar-refractivity contribution is 0.470. The summed E-state index contributed by atoms with van der Waals surface area (Å²) in [5.74, 6) is 0.666. The van der Waals surface area contributed by atoms with E-state index in [2.05, 4.69) is 16.4 Å². The summed E-state index contributed by atoms with van der Waals surface area (Å²) in [7, 11) is 0. The summed E-state index contributed by atoms with van der Waals surface area (Å²) in [6.45, 7) is 0.777. The normalized spacial score (nSPS) is 20.3. The van der Waals surface area contributed by atoms with E-state index < -0.39 is 0 Å². The number of nitrogens with one attached hydrogen (secondary N) is 3. The molecule has 40 valence electrons. The number of rotatable bonds is 0. The minimum Gasteiger partial charge on any atom is -0.385 e. The van der Waals surface area contributed by atoms with Gasteiger partial charge in [-0.2, -0.15) is 5.53 Å². The van der Waals surface area contributed by atoms with Gasteiger partial charge in [0, 0.05) is 6.54 Å². The van der Waals surface area contributed by atoms with Crippen LogP contribution in [-0.2, 0) is 0 Å². The summed E-state index contributed by atoms with van der Waals surface area (Å²) in [5.41, 5.74) is 13.4. The highest BCUT2D eigenvalue weighted by Crippen LogP contribution is 1.74. The van der Waals surface area contributed by atoms with E-state index in [-0.39, 0.29) is 0 Å². The molecule has 1 rings (SSSR count). The van der Waals surface area contributed by atoms with Crippen molar-refractivity contribution in [1.82, 2.24) is 16.4 Å². The van der Waals surface area contributed by atoms with Crippen molar-refractivity contribution in [3.05, 3.63) is 11.9 Å². The van der Waals surface area contributed by atoms with E-state index >= 15 is 0 Å². The number of hydrogen-bond donors (Lipinski definition) is 4. The molecule has 0 aromatic rings. The molecule has 4 nitrogen and oxygen atoms in total. The molecule has 0 bridgehead atoms. The van der Waals surface area contributed by atoms with Gasteiger partial charge in [0.05, 0.1) is 0 Å². The van der Waals surface area contributed by atoms with Crippen LogP contribution in [0, 0.1) is 0 Å². The molecule has 1 heterocycles. The first kappa shape index (κ1) is 4.42. The van der Waals surface area contributed by atoms with Gasteiger partial charge in [0.15, 0.2) is 0 Å². The van der Waals surface area contributed by atoms with Crippen LogP contribution in [0.5, 0.6) is 0 Å². The van der Waals surface area contributed by atoms with E-state index in [0.717, 1.165) is 6.54 Å². The van der Waals surface area contributed by atoms with Crippen LogP contribution < -0.4 is 22.1 Å². The Morgan fingerprint density at radius 1 is 1.71 bits per heavy atom. The summed E-state index contributed by atoms with van der Waals surface area (Å²) in [6, 6.07) is 0. The SMILES string of the molecule is NC1=CCNNN1. The van der Waals surface area contributed by atoms with Crippen molar-refractivity contribution in [3.8, 4) is 0 Å². The van der Waals surface area contributed by atoms with Crippen LogP contribution in [0.25, 0.3) is 0 Å². The number of hydrogen-bond acceptors (Lipinski definition) is 4. The van der Waals surface area contributed by atoms with Gasteiger partial charge in [0.1, 0.15) is 5.82 Å². The standard InChI is InChI=1S/C3H8N4/c4-3-1-2-5-7-6-3/h1,5-7H,2,4H2. The topological polar surface area (TPSA) is 62.1 Å². The van der Waals surface area contributed by atoms with Gasteiger partial charge in [-0.3, -0.25) is 5.43 Å². The van der Waals surface area contributed by atoms with Crippen LogP contribution in [0.4, 0.5) is 0 Å². The van der Waals surface area contributed by atoms with Gasteiger partial charge < -0.3 is 5.73 Å². The smallest absolute Gasteiger partial charge is 0.109 e. The molecule has 0 radical (unpaired) electrons. The second-order valence-corrected chi connectivity index (χ2v) is 1.29. The third kappa shape index (κ3) is 1.06. The Kier molecular flexibility index (Phi) is 1.14. The minimum atomic E-state index is 0.666. The summed E-state index contributed by atoms with van der Waals surface area (Å²) < 4.78 is 0. The first-order valence-electron chi connectivity index (χ1n) is 2.09. The summed E-state index contributed by atoms with van der Waals surface area (Å²) in [5, 5.41) is 0. The van der Waals surface area contributed by atoms with E-state index in [4.69, 9.17) is 5.73 Å². The molecule has 0 aromatic heterocycles. The molecule has 0 aliphatic carbocycles. The Bertz CT molecular complexity index is 86.9.